The number of hydrogen-bond donors (Lipinski definition) is 0. The Morgan fingerprint density at radius 1 is 1.30 bits per heavy atom. The number of hydrogen-bond acceptors (Lipinski definition) is 1. The van der Waals surface area contributed by atoms with Crippen LogP contribution >= 0.6 is 11.6 Å². The molecule has 3 unspecified atom stereocenters. The van der Waals surface area contributed by atoms with Gasteiger partial charge in [0.25, 0.3) is 0 Å². The van der Waals surface area contributed by atoms with Crippen molar-refractivity contribution in [3.05, 3.63) is 17.5 Å². The molecular weight excluding hydrogens is 268 g/mol. The minimum absolute atomic E-state index is 0.355. The monoisotopic (exact) mass is 296 g/mol. The highest BCUT2D eigenvalue weighted by Gasteiger charge is 2.29. The molecule has 0 bridgehead atoms. The molecule has 0 radical (unpaired) electrons. The minimum Gasteiger partial charge on any atom is -0.270 e. The van der Waals surface area contributed by atoms with E-state index >= 15 is 0 Å². The molecule has 3 atom stereocenters. The van der Waals surface area contributed by atoms with Crippen LogP contribution in [0.4, 0.5) is 0 Å². The summed E-state index contributed by atoms with van der Waals surface area (Å²) in [5.74, 6) is 1.53. The summed E-state index contributed by atoms with van der Waals surface area (Å²) in [6.45, 7) is 7.61. The zero-order chi connectivity index (χ0) is 14.5. The van der Waals surface area contributed by atoms with E-state index in [-0.39, 0.29) is 0 Å². The average molecular weight is 297 g/mol. The maximum Gasteiger partial charge on any atom is 0.0624 e. The molecule has 20 heavy (non-hydrogen) atoms. The number of aryl methyl sites for hydroxylation is 2. The van der Waals surface area contributed by atoms with Gasteiger partial charge in [0.05, 0.1) is 5.69 Å². The Labute approximate surface area is 128 Å². The zero-order valence-corrected chi connectivity index (χ0v) is 14.0. The van der Waals surface area contributed by atoms with Crippen LogP contribution < -0.4 is 0 Å². The Kier molecular flexibility index (Phi) is 5.95. The molecular formula is C17H29ClN2. The molecule has 2 rings (SSSR count). The van der Waals surface area contributed by atoms with Crippen molar-refractivity contribution >= 4 is 11.6 Å². The summed E-state index contributed by atoms with van der Waals surface area (Å²) < 4.78 is 2.17. The average Bonchev–Trinajstić information content (AvgIpc) is 2.85. The van der Waals surface area contributed by atoms with Crippen LogP contribution in [0.25, 0.3) is 0 Å². The molecule has 1 heterocycles. The second kappa shape index (κ2) is 7.49. The van der Waals surface area contributed by atoms with Crippen molar-refractivity contribution in [3.8, 4) is 0 Å². The predicted octanol–water partition coefficient (Wildman–Crippen LogP) is 4.83. The Morgan fingerprint density at radius 3 is 2.75 bits per heavy atom. The van der Waals surface area contributed by atoms with E-state index < -0.39 is 0 Å². The lowest BCUT2D eigenvalue weighted by molar-refractivity contribution is 0.254. The summed E-state index contributed by atoms with van der Waals surface area (Å²) in [5.41, 5.74) is 2.60. The first-order valence-electron chi connectivity index (χ1n) is 8.37. The Hall–Kier alpha value is -0.500. The maximum atomic E-state index is 6.60. The molecule has 0 amide bonds. The lowest BCUT2D eigenvalue weighted by atomic mass is 9.77. The maximum absolute atomic E-state index is 6.60. The molecule has 0 spiro atoms. The molecule has 0 N–H and O–H groups in total. The van der Waals surface area contributed by atoms with Crippen LogP contribution in [0.3, 0.4) is 0 Å². The molecule has 2 nitrogen and oxygen atoms in total. The Morgan fingerprint density at radius 2 is 2.10 bits per heavy atom. The molecule has 1 aromatic heterocycles. The lowest BCUT2D eigenvalue weighted by Crippen LogP contribution is -2.28. The number of aromatic nitrogens is 2. The van der Waals surface area contributed by atoms with Gasteiger partial charge in [-0.15, -0.1) is 11.6 Å². The van der Waals surface area contributed by atoms with Gasteiger partial charge in [0.2, 0.25) is 0 Å². The third kappa shape index (κ3) is 3.78. The summed E-state index contributed by atoms with van der Waals surface area (Å²) >= 11 is 6.60. The van der Waals surface area contributed by atoms with E-state index in [1.165, 1.54) is 43.5 Å². The highest BCUT2D eigenvalue weighted by Crippen LogP contribution is 2.37. The fourth-order valence-corrected chi connectivity index (χ4v) is 3.92. The van der Waals surface area contributed by atoms with Gasteiger partial charge in [0.15, 0.2) is 0 Å². The second-order valence-electron chi connectivity index (χ2n) is 6.24. The Balaban J connectivity index is 2.05. The van der Waals surface area contributed by atoms with Crippen LogP contribution in [0, 0.1) is 11.8 Å². The summed E-state index contributed by atoms with van der Waals surface area (Å²) in [6, 6.07) is 2.29. The van der Waals surface area contributed by atoms with E-state index in [4.69, 9.17) is 11.6 Å². The van der Waals surface area contributed by atoms with E-state index in [1.807, 2.05) is 0 Å². The predicted molar refractivity (Wildman–Crippen MR) is 86.4 cm³/mol. The van der Waals surface area contributed by atoms with E-state index in [2.05, 4.69) is 36.6 Å². The van der Waals surface area contributed by atoms with E-state index in [0.717, 1.165) is 25.3 Å². The molecule has 0 saturated heterocycles. The van der Waals surface area contributed by atoms with Crippen LogP contribution in [-0.4, -0.2) is 15.2 Å². The van der Waals surface area contributed by atoms with Gasteiger partial charge in [0, 0.05) is 17.6 Å². The van der Waals surface area contributed by atoms with E-state index in [1.54, 1.807) is 0 Å². The summed E-state index contributed by atoms with van der Waals surface area (Å²) in [7, 11) is 0. The molecule has 1 aliphatic carbocycles. The summed E-state index contributed by atoms with van der Waals surface area (Å²) in [5, 5.41) is 5.02. The highest BCUT2D eigenvalue weighted by atomic mass is 35.5. The van der Waals surface area contributed by atoms with Crippen LogP contribution in [0.2, 0.25) is 0 Å². The minimum atomic E-state index is 0.355. The normalized spacial score (nSPS) is 26.9. The number of alkyl halides is 1. The smallest absolute Gasteiger partial charge is 0.0624 e. The largest absolute Gasteiger partial charge is 0.270 e. The first kappa shape index (κ1) is 15.9. The van der Waals surface area contributed by atoms with Crippen molar-refractivity contribution in [2.75, 3.05) is 0 Å². The third-order valence-electron chi connectivity index (χ3n) is 4.74. The first-order valence-corrected chi connectivity index (χ1v) is 8.81. The highest BCUT2D eigenvalue weighted by molar-refractivity contribution is 6.20. The number of nitrogens with zero attached hydrogens (tertiary/aromatic N) is 2. The molecule has 1 fully saturated rings. The van der Waals surface area contributed by atoms with Gasteiger partial charge in [-0.3, -0.25) is 4.68 Å². The molecule has 1 aliphatic rings. The number of rotatable bonds is 6. The van der Waals surface area contributed by atoms with Gasteiger partial charge in [0.1, 0.15) is 0 Å². The third-order valence-corrected chi connectivity index (χ3v) is 5.32. The summed E-state index contributed by atoms with van der Waals surface area (Å²) in [4.78, 5) is 0. The van der Waals surface area contributed by atoms with Gasteiger partial charge >= 0.3 is 0 Å². The van der Waals surface area contributed by atoms with Crippen LogP contribution in [-0.2, 0) is 19.4 Å². The molecule has 114 valence electrons. The number of halogens is 1. The van der Waals surface area contributed by atoms with Gasteiger partial charge in [-0.25, -0.2) is 0 Å². The van der Waals surface area contributed by atoms with Gasteiger partial charge in [-0.1, -0.05) is 26.7 Å². The SMILES string of the molecule is CCCC1CCC(Cl)C(Cc2cc(CC)nn2CC)C1. The van der Waals surface area contributed by atoms with Crippen molar-refractivity contribution in [1.82, 2.24) is 9.78 Å². The molecule has 0 aromatic carbocycles. The van der Waals surface area contributed by atoms with Crippen LogP contribution in [0.5, 0.6) is 0 Å². The zero-order valence-electron chi connectivity index (χ0n) is 13.2. The molecule has 0 aliphatic heterocycles. The first-order chi connectivity index (χ1) is 9.67. The lowest BCUT2D eigenvalue weighted by Gasteiger charge is -2.33. The van der Waals surface area contributed by atoms with Crippen molar-refractivity contribution < 1.29 is 0 Å². The van der Waals surface area contributed by atoms with Crippen LogP contribution in [0.1, 0.15) is 64.3 Å². The van der Waals surface area contributed by atoms with E-state index in [9.17, 15) is 0 Å². The topological polar surface area (TPSA) is 17.8 Å². The molecule has 1 aromatic rings. The van der Waals surface area contributed by atoms with Crippen LogP contribution in [0.15, 0.2) is 6.07 Å². The Bertz CT molecular complexity index is 413. The van der Waals surface area contributed by atoms with Crippen molar-refractivity contribution in [2.24, 2.45) is 11.8 Å². The summed E-state index contributed by atoms with van der Waals surface area (Å²) in [6.07, 6.45) is 8.62. The van der Waals surface area contributed by atoms with Crippen molar-refractivity contribution in [1.29, 1.82) is 0 Å². The van der Waals surface area contributed by atoms with Crippen molar-refractivity contribution in [3.63, 3.8) is 0 Å². The standard InChI is InChI=1S/C17H29ClN2/c1-4-7-13-8-9-17(18)14(10-13)11-16-12-15(5-2)19-20(16)6-3/h12-14,17H,4-11H2,1-3H3. The fraction of sp³-hybridized carbons (Fsp3) is 0.824. The molecule has 1 saturated carbocycles. The molecule has 3 heteroatoms. The van der Waals surface area contributed by atoms with E-state index in [0.29, 0.717) is 11.3 Å². The quantitative estimate of drug-likeness (QED) is 0.687. The second-order valence-corrected chi connectivity index (χ2v) is 6.80. The van der Waals surface area contributed by atoms with Gasteiger partial charge in [-0.05, 0) is 56.9 Å². The fourth-order valence-electron chi connectivity index (χ4n) is 3.60. The van der Waals surface area contributed by atoms with Gasteiger partial charge in [-0.2, -0.15) is 5.10 Å². The van der Waals surface area contributed by atoms with Crippen molar-refractivity contribution in [2.45, 2.75) is 77.6 Å². The van der Waals surface area contributed by atoms with Gasteiger partial charge < -0.3 is 0 Å².